The van der Waals surface area contributed by atoms with Crippen LogP contribution < -0.4 is 0 Å². The average molecular weight is 244 g/mol. The zero-order chi connectivity index (χ0) is 12.7. The smallest absolute Gasteiger partial charge is 0.300 e. The molecule has 96 valence electrons. The number of halogens is 2. The lowest BCUT2D eigenvalue weighted by atomic mass is 9.99. The predicted molar refractivity (Wildman–Crippen MR) is 45.6 cm³/mol. The number of alkyl halides is 2. The minimum absolute atomic E-state index is 0.302. The van der Waals surface area contributed by atoms with Crippen LogP contribution in [0.2, 0.25) is 0 Å². The molecule has 0 aliphatic carbocycles. The summed E-state index contributed by atoms with van der Waals surface area (Å²) in [5.41, 5.74) is 0. The molecule has 0 saturated carbocycles. The van der Waals surface area contributed by atoms with Gasteiger partial charge in [0, 0.05) is 6.92 Å². The van der Waals surface area contributed by atoms with Crippen LogP contribution in [0.5, 0.6) is 0 Å². The molecular formula is C8H14F2O6. The largest absolute Gasteiger partial charge is 0.394 e. The van der Waals surface area contributed by atoms with Gasteiger partial charge in [-0.25, -0.2) is 8.78 Å². The van der Waals surface area contributed by atoms with Crippen molar-refractivity contribution in [3.8, 4) is 0 Å². The minimum Gasteiger partial charge on any atom is -0.394 e. The molecule has 5 atom stereocenters. The van der Waals surface area contributed by atoms with Crippen LogP contribution in [0.1, 0.15) is 6.92 Å². The third-order valence-electron chi connectivity index (χ3n) is 2.57. The molecule has 1 saturated heterocycles. The molecule has 1 rings (SSSR count). The Morgan fingerprint density at radius 2 is 1.94 bits per heavy atom. The van der Waals surface area contributed by atoms with Gasteiger partial charge in [-0.1, -0.05) is 0 Å². The van der Waals surface area contributed by atoms with Crippen molar-refractivity contribution in [2.45, 2.75) is 43.0 Å². The molecule has 5 N–H and O–H groups in total. The highest BCUT2D eigenvalue weighted by molar-refractivity contribution is 5.03. The summed E-state index contributed by atoms with van der Waals surface area (Å²) >= 11 is 0. The highest BCUT2D eigenvalue weighted by Crippen LogP contribution is 2.41. The van der Waals surface area contributed by atoms with E-state index < -0.39 is 42.7 Å². The number of aliphatic hydroxyl groups is 5. The van der Waals surface area contributed by atoms with E-state index in [1.807, 2.05) is 0 Å². The van der Waals surface area contributed by atoms with Crippen molar-refractivity contribution in [1.82, 2.24) is 0 Å². The molecule has 0 amide bonds. The molecule has 1 fully saturated rings. The summed E-state index contributed by atoms with van der Waals surface area (Å²) in [5, 5.41) is 45.7. The maximum Gasteiger partial charge on any atom is 0.300 e. The fourth-order valence-electron chi connectivity index (χ4n) is 1.53. The predicted octanol–water partition coefficient (Wildman–Crippen LogP) is -2.20. The first kappa shape index (κ1) is 13.7. The van der Waals surface area contributed by atoms with Gasteiger partial charge in [0.25, 0.3) is 5.79 Å². The maximum absolute atomic E-state index is 13.0. The third kappa shape index (κ3) is 1.92. The Hall–Kier alpha value is -0.380. The van der Waals surface area contributed by atoms with Gasteiger partial charge in [-0.15, -0.1) is 0 Å². The summed E-state index contributed by atoms with van der Waals surface area (Å²) in [6, 6.07) is 0. The summed E-state index contributed by atoms with van der Waals surface area (Å²) in [5.74, 6) is -7.12. The summed E-state index contributed by atoms with van der Waals surface area (Å²) in [4.78, 5) is 0. The van der Waals surface area contributed by atoms with Crippen molar-refractivity contribution in [3.05, 3.63) is 0 Å². The zero-order valence-electron chi connectivity index (χ0n) is 8.42. The Morgan fingerprint density at radius 3 is 2.25 bits per heavy atom. The first-order valence-electron chi connectivity index (χ1n) is 4.58. The van der Waals surface area contributed by atoms with E-state index in [9.17, 15) is 24.1 Å². The second kappa shape index (κ2) is 4.13. The summed E-state index contributed by atoms with van der Waals surface area (Å²) in [6.07, 6.45) is -7.56. The Labute approximate surface area is 89.7 Å². The molecule has 0 aromatic rings. The Kier molecular flexibility index (Phi) is 3.53. The minimum atomic E-state index is -3.84. The molecule has 0 radical (unpaired) electrons. The standard InChI is InChI=1S/C8H14F2O6/c1-7(9,10)8(15)6(14)4(13)5(16-8)3(12)2-11/h3-6,11-15H,2H2,1H3/t3?,4-,5-,6+,8-/m0/s1. The molecule has 1 aliphatic rings. The fourth-order valence-corrected chi connectivity index (χ4v) is 1.53. The van der Waals surface area contributed by atoms with Gasteiger partial charge < -0.3 is 30.3 Å². The van der Waals surface area contributed by atoms with E-state index in [0.717, 1.165) is 0 Å². The second-order valence-electron chi connectivity index (χ2n) is 3.85. The molecule has 6 nitrogen and oxygen atoms in total. The van der Waals surface area contributed by atoms with Crippen LogP contribution in [0, 0.1) is 0 Å². The van der Waals surface area contributed by atoms with Gasteiger partial charge in [-0.3, -0.25) is 0 Å². The molecule has 0 aromatic heterocycles. The SMILES string of the molecule is CC(F)(F)[C@@]1(O)O[C@@H](C(O)CO)[C@H](O)[C@H]1O. The van der Waals surface area contributed by atoms with Crippen molar-refractivity contribution in [2.24, 2.45) is 0 Å². The van der Waals surface area contributed by atoms with Crippen molar-refractivity contribution >= 4 is 0 Å². The van der Waals surface area contributed by atoms with Crippen molar-refractivity contribution < 1.29 is 39.1 Å². The number of hydrogen-bond donors (Lipinski definition) is 5. The lowest BCUT2D eigenvalue weighted by molar-refractivity contribution is -0.331. The van der Waals surface area contributed by atoms with Crippen molar-refractivity contribution in [3.63, 3.8) is 0 Å². The van der Waals surface area contributed by atoms with Crippen molar-refractivity contribution in [2.75, 3.05) is 6.61 Å². The Bertz CT molecular complexity index is 257. The molecule has 16 heavy (non-hydrogen) atoms. The van der Waals surface area contributed by atoms with Gasteiger partial charge in [0.1, 0.15) is 24.4 Å². The van der Waals surface area contributed by atoms with Crippen molar-refractivity contribution in [1.29, 1.82) is 0 Å². The normalized spacial score (nSPS) is 42.4. The van der Waals surface area contributed by atoms with Crippen LogP contribution in [0.25, 0.3) is 0 Å². The van der Waals surface area contributed by atoms with E-state index in [1.54, 1.807) is 0 Å². The van der Waals surface area contributed by atoms with Gasteiger partial charge in [0.05, 0.1) is 6.61 Å². The lowest BCUT2D eigenvalue weighted by Crippen LogP contribution is -2.55. The van der Waals surface area contributed by atoms with Crippen LogP contribution in [-0.2, 0) is 4.74 Å². The monoisotopic (exact) mass is 244 g/mol. The van der Waals surface area contributed by atoms with Gasteiger partial charge in [0.15, 0.2) is 0 Å². The van der Waals surface area contributed by atoms with Crippen LogP contribution in [0.15, 0.2) is 0 Å². The molecule has 0 aromatic carbocycles. The number of aliphatic hydroxyl groups excluding tert-OH is 4. The van der Waals surface area contributed by atoms with E-state index in [0.29, 0.717) is 6.92 Å². The van der Waals surface area contributed by atoms with Gasteiger partial charge in [0.2, 0.25) is 0 Å². The summed E-state index contributed by atoms with van der Waals surface area (Å²) in [6.45, 7) is -0.559. The first-order chi connectivity index (χ1) is 7.15. The van der Waals surface area contributed by atoms with Crippen LogP contribution in [0.3, 0.4) is 0 Å². The second-order valence-corrected chi connectivity index (χ2v) is 3.85. The van der Waals surface area contributed by atoms with E-state index in [-0.39, 0.29) is 0 Å². The number of rotatable bonds is 3. The van der Waals surface area contributed by atoms with E-state index in [4.69, 9.17) is 10.2 Å². The van der Waals surface area contributed by atoms with Crippen LogP contribution >= 0.6 is 0 Å². The van der Waals surface area contributed by atoms with E-state index in [1.165, 1.54) is 0 Å². The van der Waals surface area contributed by atoms with Crippen LogP contribution in [-0.4, -0.2) is 68.3 Å². The quantitative estimate of drug-likeness (QED) is 0.385. The first-order valence-corrected chi connectivity index (χ1v) is 4.58. The molecule has 1 unspecified atom stereocenters. The summed E-state index contributed by atoms with van der Waals surface area (Å²) in [7, 11) is 0. The van der Waals surface area contributed by atoms with Gasteiger partial charge in [-0.2, -0.15) is 0 Å². The number of ether oxygens (including phenoxy) is 1. The highest BCUT2D eigenvalue weighted by Gasteiger charge is 2.65. The Balaban J connectivity index is 2.95. The Morgan fingerprint density at radius 1 is 1.44 bits per heavy atom. The van der Waals surface area contributed by atoms with Gasteiger partial charge >= 0.3 is 5.92 Å². The lowest BCUT2D eigenvalue weighted by Gasteiger charge is -2.31. The molecule has 1 heterocycles. The molecule has 8 heteroatoms. The summed E-state index contributed by atoms with van der Waals surface area (Å²) < 4.78 is 30.4. The fraction of sp³-hybridized carbons (Fsp3) is 1.00. The number of hydrogen-bond acceptors (Lipinski definition) is 6. The van der Waals surface area contributed by atoms with Gasteiger partial charge in [-0.05, 0) is 0 Å². The molecule has 1 aliphatic heterocycles. The molecule has 0 spiro atoms. The van der Waals surface area contributed by atoms with Crippen LogP contribution in [0.4, 0.5) is 8.78 Å². The highest BCUT2D eigenvalue weighted by atomic mass is 19.3. The average Bonchev–Trinajstić information content (AvgIpc) is 2.42. The maximum atomic E-state index is 13.0. The molecular weight excluding hydrogens is 230 g/mol. The van der Waals surface area contributed by atoms with E-state index in [2.05, 4.69) is 4.74 Å². The zero-order valence-corrected chi connectivity index (χ0v) is 8.42. The topological polar surface area (TPSA) is 110 Å². The van der Waals surface area contributed by atoms with E-state index >= 15 is 0 Å². The third-order valence-corrected chi connectivity index (χ3v) is 2.57. The molecule has 0 bridgehead atoms.